The molecule has 1 heterocycles. The smallest absolute Gasteiger partial charge is 0.407 e. The number of hydrogen-bond donors (Lipinski definition) is 1. The Morgan fingerprint density at radius 3 is 3.20 bits per heavy atom. The van der Waals surface area contributed by atoms with Gasteiger partial charge in [0.15, 0.2) is 0 Å². The molecule has 1 rings (SSSR count). The Kier molecular flexibility index (Phi) is 2.86. The average Bonchev–Trinajstić information content (AvgIpc) is 2.31. The first-order valence-electron chi connectivity index (χ1n) is 3.34. The monoisotopic (exact) mass is 161 g/mol. The molecule has 0 spiro atoms. The van der Waals surface area contributed by atoms with Crippen molar-refractivity contribution in [2.24, 2.45) is 0 Å². The molecule has 1 fully saturated rings. The zero-order valence-electron chi connectivity index (χ0n) is 5.92. The van der Waals surface area contributed by atoms with Gasteiger partial charge in [0.25, 0.3) is 0 Å². The van der Waals surface area contributed by atoms with Crippen molar-refractivity contribution in [1.29, 1.82) is 0 Å². The van der Waals surface area contributed by atoms with E-state index in [2.05, 4.69) is 12.2 Å². The number of amides is 1. The molecule has 58 valence electrons. The van der Waals surface area contributed by atoms with Gasteiger partial charge in [-0.1, -0.05) is 6.92 Å². The molecular formula is C6H11NO2S. The maximum Gasteiger partial charge on any atom is 0.407 e. The predicted molar refractivity (Wildman–Crippen MR) is 41.3 cm³/mol. The highest BCUT2D eigenvalue weighted by atomic mass is 32.2. The molecule has 0 radical (unpaired) electrons. The maximum atomic E-state index is 10.5. The summed E-state index contributed by atoms with van der Waals surface area (Å²) < 4.78 is 4.70. The van der Waals surface area contributed by atoms with Gasteiger partial charge in [0.2, 0.25) is 0 Å². The minimum atomic E-state index is -0.276. The first kappa shape index (κ1) is 7.72. The maximum absolute atomic E-state index is 10.5. The van der Waals surface area contributed by atoms with E-state index in [1.54, 1.807) is 0 Å². The number of rotatable bonds is 3. The van der Waals surface area contributed by atoms with Gasteiger partial charge in [0, 0.05) is 5.75 Å². The van der Waals surface area contributed by atoms with E-state index in [4.69, 9.17) is 4.74 Å². The fourth-order valence-electron chi connectivity index (χ4n) is 0.776. The Morgan fingerprint density at radius 1 is 1.90 bits per heavy atom. The second-order valence-corrected chi connectivity index (χ2v) is 3.42. The van der Waals surface area contributed by atoms with E-state index in [0.717, 1.165) is 11.5 Å². The van der Waals surface area contributed by atoms with Gasteiger partial charge in [-0.3, -0.25) is 0 Å². The lowest BCUT2D eigenvalue weighted by molar-refractivity contribution is 0.177. The van der Waals surface area contributed by atoms with Crippen LogP contribution in [0.25, 0.3) is 0 Å². The van der Waals surface area contributed by atoms with Crippen LogP contribution in [0.3, 0.4) is 0 Å². The van der Waals surface area contributed by atoms with E-state index < -0.39 is 0 Å². The van der Waals surface area contributed by atoms with Gasteiger partial charge in [0.1, 0.15) is 6.61 Å². The zero-order valence-corrected chi connectivity index (χ0v) is 6.74. The molecule has 0 bridgehead atoms. The molecule has 1 aliphatic rings. The summed E-state index contributed by atoms with van der Waals surface area (Å²) in [5, 5.41) is 2.71. The Hall–Kier alpha value is -0.380. The summed E-state index contributed by atoms with van der Waals surface area (Å²) in [6.07, 6.45) is -0.276. The summed E-state index contributed by atoms with van der Waals surface area (Å²) in [4.78, 5) is 10.5. The summed E-state index contributed by atoms with van der Waals surface area (Å²) >= 11 is 1.81. The molecule has 1 saturated heterocycles. The third-order valence-corrected chi connectivity index (χ3v) is 2.31. The Labute approximate surface area is 64.5 Å². The quantitative estimate of drug-likeness (QED) is 0.666. The second kappa shape index (κ2) is 3.71. The summed E-state index contributed by atoms with van der Waals surface area (Å²) in [5.41, 5.74) is 0. The van der Waals surface area contributed by atoms with Crippen molar-refractivity contribution in [2.45, 2.75) is 13.0 Å². The highest BCUT2D eigenvalue weighted by Crippen LogP contribution is 2.06. The Balaban J connectivity index is 2.12. The molecule has 3 nitrogen and oxygen atoms in total. The van der Waals surface area contributed by atoms with Crippen LogP contribution in [0.15, 0.2) is 0 Å². The SMILES string of the molecule is CCSCC1COC(=O)N1. The van der Waals surface area contributed by atoms with Crippen molar-refractivity contribution in [3.63, 3.8) is 0 Å². The molecule has 0 aromatic heterocycles. The largest absolute Gasteiger partial charge is 0.447 e. The molecule has 1 atom stereocenters. The van der Waals surface area contributed by atoms with E-state index in [1.165, 1.54) is 0 Å². The second-order valence-electron chi connectivity index (χ2n) is 2.10. The number of carbonyl (C=O) groups excluding carboxylic acids is 1. The molecule has 1 amide bonds. The molecule has 0 aromatic rings. The van der Waals surface area contributed by atoms with E-state index >= 15 is 0 Å². The van der Waals surface area contributed by atoms with Crippen molar-refractivity contribution in [3.05, 3.63) is 0 Å². The van der Waals surface area contributed by atoms with E-state index in [0.29, 0.717) is 6.61 Å². The van der Waals surface area contributed by atoms with E-state index in [9.17, 15) is 4.79 Å². The van der Waals surface area contributed by atoms with Gasteiger partial charge in [-0.25, -0.2) is 4.79 Å². The minimum absolute atomic E-state index is 0.234. The van der Waals surface area contributed by atoms with Crippen LogP contribution in [0, 0.1) is 0 Å². The number of cyclic esters (lactones) is 1. The fraction of sp³-hybridized carbons (Fsp3) is 0.833. The minimum Gasteiger partial charge on any atom is -0.447 e. The zero-order chi connectivity index (χ0) is 7.40. The molecule has 10 heavy (non-hydrogen) atoms. The lowest BCUT2D eigenvalue weighted by Gasteiger charge is -2.03. The molecule has 0 aliphatic carbocycles. The van der Waals surface area contributed by atoms with Gasteiger partial charge in [-0.2, -0.15) is 11.8 Å². The van der Waals surface area contributed by atoms with Gasteiger partial charge in [0.05, 0.1) is 6.04 Å². The van der Waals surface area contributed by atoms with Crippen molar-refractivity contribution < 1.29 is 9.53 Å². The summed E-state index contributed by atoms with van der Waals surface area (Å²) in [7, 11) is 0. The van der Waals surface area contributed by atoms with Gasteiger partial charge >= 0.3 is 6.09 Å². The lowest BCUT2D eigenvalue weighted by Crippen LogP contribution is -2.28. The summed E-state index contributed by atoms with van der Waals surface area (Å²) in [5.74, 6) is 2.05. The first-order valence-corrected chi connectivity index (χ1v) is 4.49. The van der Waals surface area contributed by atoms with Gasteiger partial charge in [-0.15, -0.1) is 0 Å². The highest BCUT2D eigenvalue weighted by Gasteiger charge is 2.20. The van der Waals surface area contributed by atoms with Crippen molar-refractivity contribution in [2.75, 3.05) is 18.1 Å². The average molecular weight is 161 g/mol. The third-order valence-electron chi connectivity index (χ3n) is 1.26. The van der Waals surface area contributed by atoms with Crippen LogP contribution in [0.5, 0.6) is 0 Å². The standard InChI is InChI=1S/C6H11NO2S/c1-2-10-4-5-3-9-6(8)7-5/h5H,2-4H2,1H3,(H,7,8). The summed E-state index contributed by atoms with van der Waals surface area (Å²) in [6.45, 7) is 2.63. The number of ether oxygens (including phenoxy) is 1. The van der Waals surface area contributed by atoms with Crippen LogP contribution in [-0.2, 0) is 4.74 Å². The van der Waals surface area contributed by atoms with E-state index in [1.807, 2.05) is 11.8 Å². The van der Waals surface area contributed by atoms with Crippen LogP contribution in [0.1, 0.15) is 6.92 Å². The number of thioether (sulfide) groups is 1. The molecule has 1 aliphatic heterocycles. The lowest BCUT2D eigenvalue weighted by atomic mass is 10.4. The topological polar surface area (TPSA) is 38.3 Å². The van der Waals surface area contributed by atoms with Crippen LogP contribution in [0.2, 0.25) is 0 Å². The van der Waals surface area contributed by atoms with Crippen molar-refractivity contribution >= 4 is 17.9 Å². The number of hydrogen-bond acceptors (Lipinski definition) is 3. The molecule has 4 heteroatoms. The Morgan fingerprint density at radius 2 is 2.70 bits per heavy atom. The molecule has 0 aromatic carbocycles. The molecule has 0 saturated carbocycles. The van der Waals surface area contributed by atoms with E-state index in [-0.39, 0.29) is 12.1 Å². The van der Waals surface area contributed by atoms with Gasteiger partial charge < -0.3 is 10.1 Å². The van der Waals surface area contributed by atoms with Crippen LogP contribution in [-0.4, -0.2) is 30.2 Å². The van der Waals surface area contributed by atoms with Crippen LogP contribution in [0.4, 0.5) is 4.79 Å². The molecular weight excluding hydrogens is 150 g/mol. The normalized spacial score (nSPS) is 24.1. The van der Waals surface area contributed by atoms with Crippen molar-refractivity contribution in [3.8, 4) is 0 Å². The fourth-order valence-corrected chi connectivity index (χ4v) is 1.48. The van der Waals surface area contributed by atoms with Gasteiger partial charge in [-0.05, 0) is 5.75 Å². The molecule has 1 N–H and O–H groups in total. The van der Waals surface area contributed by atoms with Crippen LogP contribution >= 0.6 is 11.8 Å². The number of alkyl carbamates (subject to hydrolysis) is 1. The highest BCUT2D eigenvalue weighted by molar-refractivity contribution is 7.99. The number of carbonyl (C=O) groups is 1. The predicted octanol–water partition coefficient (Wildman–Crippen LogP) is 0.848. The number of nitrogens with one attached hydrogen (secondary N) is 1. The van der Waals surface area contributed by atoms with Crippen molar-refractivity contribution in [1.82, 2.24) is 5.32 Å². The molecule has 1 unspecified atom stereocenters. The Bertz CT molecular complexity index is 129. The third kappa shape index (κ3) is 2.10. The van der Waals surface area contributed by atoms with Crippen LogP contribution < -0.4 is 5.32 Å². The summed E-state index contributed by atoms with van der Waals surface area (Å²) in [6, 6.07) is 0.234. The first-order chi connectivity index (χ1) is 4.83.